The first kappa shape index (κ1) is 11.2. The van der Waals surface area contributed by atoms with Crippen LogP contribution in [0.5, 0.6) is 0 Å². The first-order chi connectivity index (χ1) is 8.19. The van der Waals surface area contributed by atoms with Crippen LogP contribution in [0.2, 0.25) is 0 Å². The number of rotatable bonds is 3. The summed E-state index contributed by atoms with van der Waals surface area (Å²) in [5.41, 5.74) is 1.81. The standard InChI is InChI=1S/C13H14N4/c1-10(15-13-7-8-17(2)16-13)12-5-3-11(9-14)4-6-12/h3-8,10H,1-2H3,(H,15,16). The summed E-state index contributed by atoms with van der Waals surface area (Å²) < 4.78 is 1.76. The van der Waals surface area contributed by atoms with Crippen molar-refractivity contribution >= 4 is 5.82 Å². The number of aromatic nitrogens is 2. The van der Waals surface area contributed by atoms with Crippen molar-refractivity contribution in [1.29, 1.82) is 5.26 Å². The molecule has 4 heteroatoms. The van der Waals surface area contributed by atoms with Crippen LogP contribution >= 0.6 is 0 Å². The zero-order valence-corrected chi connectivity index (χ0v) is 9.88. The smallest absolute Gasteiger partial charge is 0.148 e. The lowest BCUT2D eigenvalue weighted by Crippen LogP contribution is -2.07. The van der Waals surface area contributed by atoms with Gasteiger partial charge in [-0.05, 0) is 24.6 Å². The Kier molecular flexibility index (Phi) is 3.10. The fourth-order valence-corrected chi connectivity index (χ4v) is 1.64. The molecule has 0 radical (unpaired) electrons. The molecule has 0 bridgehead atoms. The Hall–Kier alpha value is -2.28. The number of hydrogen-bond donors (Lipinski definition) is 1. The van der Waals surface area contributed by atoms with Crippen LogP contribution in [0.25, 0.3) is 0 Å². The number of nitriles is 1. The molecule has 2 aromatic rings. The molecule has 1 aromatic carbocycles. The van der Waals surface area contributed by atoms with Crippen molar-refractivity contribution in [2.45, 2.75) is 13.0 Å². The molecule has 1 heterocycles. The van der Waals surface area contributed by atoms with E-state index in [9.17, 15) is 0 Å². The van der Waals surface area contributed by atoms with Crippen LogP contribution in [0.4, 0.5) is 5.82 Å². The fraction of sp³-hybridized carbons (Fsp3) is 0.231. The highest BCUT2D eigenvalue weighted by Gasteiger charge is 2.06. The van der Waals surface area contributed by atoms with Gasteiger partial charge in [0.2, 0.25) is 0 Å². The van der Waals surface area contributed by atoms with Crippen LogP contribution in [-0.2, 0) is 7.05 Å². The van der Waals surface area contributed by atoms with Gasteiger partial charge in [0.15, 0.2) is 0 Å². The van der Waals surface area contributed by atoms with Crippen LogP contribution in [0.1, 0.15) is 24.1 Å². The summed E-state index contributed by atoms with van der Waals surface area (Å²) in [5.74, 6) is 0.851. The Balaban J connectivity index is 2.09. The Morgan fingerprint density at radius 3 is 2.53 bits per heavy atom. The van der Waals surface area contributed by atoms with E-state index in [1.807, 2.05) is 43.6 Å². The minimum atomic E-state index is 0.164. The fourth-order valence-electron chi connectivity index (χ4n) is 1.64. The summed E-state index contributed by atoms with van der Waals surface area (Å²) in [6.07, 6.45) is 1.90. The van der Waals surface area contributed by atoms with Crippen LogP contribution in [-0.4, -0.2) is 9.78 Å². The zero-order chi connectivity index (χ0) is 12.3. The highest BCUT2D eigenvalue weighted by molar-refractivity contribution is 5.39. The van der Waals surface area contributed by atoms with E-state index < -0.39 is 0 Å². The first-order valence-electron chi connectivity index (χ1n) is 5.45. The van der Waals surface area contributed by atoms with E-state index >= 15 is 0 Å². The largest absolute Gasteiger partial charge is 0.362 e. The molecule has 0 amide bonds. The third-order valence-corrected chi connectivity index (χ3v) is 2.62. The van der Waals surface area contributed by atoms with Gasteiger partial charge in [-0.25, -0.2) is 0 Å². The summed E-state index contributed by atoms with van der Waals surface area (Å²) >= 11 is 0. The van der Waals surface area contributed by atoms with Gasteiger partial charge >= 0.3 is 0 Å². The minimum absolute atomic E-state index is 0.164. The van der Waals surface area contributed by atoms with E-state index in [-0.39, 0.29) is 6.04 Å². The van der Waals surface area contributed by atoms with Gasteiger partial charge in [0.25, 0.3) is 0 Å². The number of nitrogens with zero attached hydrogens (tertiary/aromatic N) is 3. The van der Waals surface area contributed by atoms with Crippen molar-refractivity contribution in [3.8, 4) is 6.07 Å². The average Bonchev–Trinajstić information content (AvgIpc) is 2.75. The molecule has 17 heavy (non-hydrogen) atoms. The summed E-state index contributed by atoms with van der Waals surface area (Å²) in [6.45, 7) is 2.07. The second-order valence-corrected chi connectivity index (χ2v) is 3.97. The molecule has 1 atom stereocenters. The van der Waals surface area contributed by atoms with Crippen molar-refractivity contribution < 1.29 is 0 Å². The first-order valence-corrected chi connectivity index (χ1v) is 5.45. The highest BCUT2D eigenvalue weighted by atomic mass is 15.3. The quantitative estimate of drug-likeness (QED) is 0.874. The monoisotopic (exact) mass is 226 g/mol. The molecule has 1 aromatic heterocycles. The van der Waals surface area contributed by atoms with E-state index in [4.69, 9.17) is 5.26 Å². The number of hydrogen-bond acceptors (Lipinski definition) is 3. The van der Waals surface area contributed by atoms with Gasteiger partial charge < -0.3 is 5.32 Å². The molecule has 1 N–H and O–H groups in total. The number of benzene rings is 1. The molecule has 0 saturated carbocycles. The van der Waals surface area contributed by atoms with Crippen molar-refractivity contribution in [2.24, 2.45) is 7.05 Å². The summed E-state index contributed by atoms with van der Waals surface area (Å²) in [5, 5.41) is 16.3. The SMILES string of the molecule is CC(Nc1ccn(C)n1)c1ccc(C#N)cc1. The Bertz CT molecular complexity index is 533. The lowest BCUT2D eigenvalue weighted by Gasteiger charge is -2.13. The number of nitrogens with one attached hydrogen (secondary N) is 1. The summed E-state index contributed by atoms with van der Waals surface area (Å²) in [6, 6.07) is 11.8. The summed E-state index contributed by atoms with van der Waals surface area (Å²) in [7, 11) is 1.89. The van der Waals surface area contributed by atoms with Gasteiger partial charge in [-0.3, -0.25) is 4.68 Å². The van der Waals surface area contributed by atoms with Gasteiger partial charge in [-0.15, -0.1) is 0 Å². The van der Waals surface area contributed by atoms with Crippen molar-refractivity contribution in [3.05, 3.63) is 47.7 Å². The van der Waals surface area contributed by atoms with Gasteiger partial charge in [0.1, 0.15) is 5.82 Å². The van der Waals surface area contributed by atoms with E-state index in [0.717, 1.165) is 11.4 Å². The van der Waals surface area contributed by atoms with Crippen LogP contribution in [0.3, 0.4) is 0 Å². The molecule has 0 fully saturated rings. The lowest BCUT2D eigenvalue weighted by atomic mass is 10.1. The predicted molar refractivity (Wildman–Crippen MR) is 66.4 cm³/mol. The molecule has 86 valence electrons. The van der Waals surface area contributed by atoms with Gasteiger partial charge in [-0.1, -0.05) is 12.1 Å². The Morgan fingerprint density at radius 2 is 2.00 bits per heavy atom. The zero-order valence-electron chi connectivity index (χ0n) is 9.88. The van der Waals surface area contributed by atoms with Crippen molar-refractivity contribution in [3.63, 3.8) is 0 Å². The van der Waals surface area contributed by atoms with E-state index in [1.165, 1.54) is 0 Å². The molecule has 0 aliphatic carbocycles. The maximum Gasteiger partial charge on any atom is 0.148 e. The van der Waals surface area contributed by atoms with E-state index in [2.05, 4.69) is 23.4 Å². The normalized spacial score (nSPS) is 11.8. The van der Waals surface area contributed by atoms with Crippen LogP contribution in [0.15, 0.2) is 36.5 Å². The summed E-state index contributed by atoms with van der Waals surface area (Å²) in [4.78, 5) is 0. The Morgan fingerprint density at radius 1 is 1.29 bits per heavy atom. The van der Waals surface area contributed by atoms with Crippen molar-refractivity contribution in [1.82, 2.24) is 9.78 Å². The third kappa shape index (κ3) is 2.64. The lowest BCUT2D eigenvalue weighted by molar-refractivity contribution is 0.760. The molecular formula is C13H14N4. The van der Waals surface area contributed by atoms with Gasteiger partial charge in [-0.2, -0.15) is 10.4 Å². The molecule has 0 spiro atoms. The second-order valence-electron chi connectivity index (χ2n) is 3.97. The van der Waals surface area contributed by atoms with E-state index in [1.54, 1.807) is 4.68 Å². The minimum Gasteiger partial charge on any atom is -0.362 e. The molecule has 0 saturated heterocycles. The number of aryl methyl sites for hydroxylation is 1. The predicted octanol–water partition coefficient (Wildman–Crippen LogP) is 2.46. The topological polar surface area (TPSA) is 53.6 Å². The molecule has 0 aliphatic rings. The average molecular weight is 226 g/mol. The molecule has 0 aliphatic heterocycles. The highest BCUT2D eigenvalue weighted by Crippen LogP contribution is 2.17. The van der Waals surface area contributed by atoms with Crippen LogP contribution < -0.4 is 5.32 Å². The van der Waals surface area contributed by atoms with Crippen molar-refractivity contribution in [2.75, 3.05) is 5.32 Å². The molecule has 2 rings (SSSR count). The molecule has 4 nitrogen and oxygen atoms in total. The third-order valence-electron chi connectivity index (χ3n) is 2.62. The van der Waals surface area contributed by atoms with Gasteiger partial charge in [0.05, 0.1) is 11.6 Å². The number of anilines is 1. The maximum absolute atomic E-state index is 8.73. The van der Waals surface area contributed by atoms with Crippen LogP contribution in [0, 0.1) is 11.3 Å². The van der Waals surface area contributed by atoms with Gasteiger partial charge in [0, 0.05) is 25.4 Å². The second kappa shape index (κ2) is 4.71. The molecule has 1 unspecified atom stereocenters. The Labute approximate surface area is 100 Å². The van der Waals surface area contributed by atoms with E-state index in [0.29, 0.717) is 5.56 Å². The molecular weight excluding hydrogens is 212 g/mol. The maximum atomic E-state index is 8.73.